The lowest BCUT2D eigenvalue weighted by molar-refractivity contribution is 0.142. The van der Waals surface area contributed by atoms with Crippen molar-refractivity contribution in [3.8, 4) is 0 Å². The Kier molecular flexibility index (Phi) is 2.85. The van der Waals surface area contributed by atoms with E-state index in [4.69, 9.17) is 0 Å². The summed E-state index contributed by atoms with van der Waals surface area (Å²) in [7, 11) is 0. The maximum atomic E-state index is 9.72. The minimum atomic E-state index is -0.0845. The Hall–Kier alpha value is -0.0800. The largest absolute Gasteiger partial charge is 0.392 e. The molecular weight excluding hydrogens is 174 g/mol. The maximum absolute atomic E-state index is 9.72. The van der Waals surface area contributed by atoms with Gasteiger partial charge in [-0.1, -0.05) is 13.8 Å². The maximum Gasteiger partial charge on any atom is 0.0693 e. The summed E-state index contributed by atoms with van der Waals surface area (Å²) in [6.45, 7) is 4.69. The van der Waals surface area contributed by atoms with Crippen molar-refractivity contribution < 1.29 is 5.11 Å². The number of nitrogens with one attached hydrogen (secondary N) is 1. The third-order valence-electron chi connectivity index (χ3n) is 3.90. The molecule has 0 heterocycles. The van der Waals surface area contributed by atoms with Crippen LogP contribution in [0.5, 0.6) is 0 Å². The van der Waals surface area contributed by atoms with E-state index in [2.05, 4.69) is 19.2 Å². The zero-order chi connectivity index (χ0) is 10.2. The topological polar surface area (TPSA) is 32.3 Å². The van der Waals surface area contributed by atoms with Crippen molar-refractivity contribution in [2.75, 3.05) is 0 Å². The van der Waals surface area contributed by atoms with E-state index in [0.717, 1.165) is 12.8 Å². The van der Waals surface area contributed by atoms with Gasteiger partial charge < -0.3 is 10.4 Å². The van der Waals surface area contributed by atoms with E-state index >= 15 is 0 Å². The Balaban J connectivity index is 1.81. The Morgan fingerprint density at radius 3 is 2.50 bits per heavy atom. The first-order valence-electron chi connectivity index (χ1n) is 6.01. The van der Waals surface area contributed by atoms with Crippen LogP contribution in [0.1, 0.15) is 52.4 Å². The standard InChI is InChI=1S/C12H23NO/c1-12(2)7-6-9(8-12)13-10-4-3-5-11(10)14/h9-11,13-14H,3-8H2,1-2H3/t9?,10-,11-/m1/s1. The van der Waals surface area contributed by atoms with Gasteiger partial charge in [-0.15, -0.1) is 0 Å². The Morgan fingerprint density at radius 2 is 2.00 bits per heavy atom. The summed E-state index contributed by atoms with van der Waals surface area (Å²) in [5.41, 5.74) is 0.515. The number of hydrogen-bond donors (Lipinski definition) is 2. The number of aliphatic hydroxyl groups excluding tert-OH is 1. The van der Waals surface area contributed by atoms with Crippen LogP contribution in [-0.2, 0) is 0 Å². The molecule has 1 unspecified atom stereocenters. The van der Waals surface area contributed by atoms with E-state index < -0.39 is 0 Å². The molecule has 2 saturated carbocycles. The van der Waals surface area contributed by atoms with Gasteiger partial charge >= 0.3 is 0 Å². The van der Waals surface area contributed by atoms with Gasteiger partial charge in [0.1, 0.15) is 0 Å². The lowest BCUT2D eigenvalue weighted by atomic mass is 9.92. The van der Waals surface area contributed by atoms with Crippen LogP contribution in [0, 0.1) is 5.41 Å². The second-order valence-electron chi connectivity index (χ2n) is 5.88. The monoisotopic (exact) mass is 197 g/mol. The van der Waals surface area contributed by atoms with Crippen LogP contribution in [-0.4, -0.2) is 23.3 Å². The second-order valence-corrected chi connectivity index (χ2v) is 5.88. The fraction of sp³-hybridized carbons (Fsp3) is 1.00. The first-order valence-corrected chi connectivity index (χ1v) is 6.01. The van der Waals surface area contributed by atoms with Gasteiger partial charge in [-0.2, -0.15) is 0 Å². The van der Waals surface area contributed by atoms with Gasteiger partial charge in [0.15, 0.2) is 0 Å². The van der Waals surface area contributed by atoms with Crippen molar-refractivity contribution in [2.45, 2.75) is 70.6 Å². The fourth-order valence-corrected chi connectivity index (χ4v) is 3.02. The van der Waals surface area contributed by atoms with Crippen LogP contribution >= 0.6 is 0 Å². The molecule has 2 aliphatic rings. The molecule has 3 atom stereocenters. The smallest absolute Gasteiger partial charge is 0.0693 e. The molecule has 2 heteroatoms. The average molecular weight is 197 g/mol. The number of rotatable bonds is 2. The van der Waals surface area contributed by atoms with Gasteiger partial charge in [0.2, 0.25) is 0 Å². The van der Waals surface area contributed by atoms with Gasteiger partial charge in [0.05, 0.1) is 6.10 Å². The molecule has 0 saturated heterocycles. The quantitative estimate of drug-likeness (QED) is 0.710. The van der Waals surface area contributed by atoms with Crippen LogP contribution < -0.4 is 5.32 Å². The molecule has 0 aliphatic heterocycles. The molecule has 0 bridgehead atoms. The lowest BCUT2D eigenvalue weighted by Crippen LogP contribution is -2.41. The second kappa shape index (κ2) is 3.82. The molecule has 0 spiro atoms. The van der Waals surface area contributed by atoms with Crippen molar-refractivity contribution in [1.82, 2.24) is 5.32 Å². The van der Waals surface area contributed by atoms with Crippen LogP contribution in [0.25, 0.3) is 0 Å². The number of hydrogen-bond acceptors (Lipinski definition) is 2. The van der Waals surface area contributed by atoms with Crippen LogP contribution in [0.15, 0.2) is 0 Å². The van der Waals surface area contributed by atoms with Crippen LogP contribution in [0.2, 0.25) is 0 Å². The van der Waals surface area contributed by atoms with Crippen molar-refractivity contribution >= 4 is 0 Å². The summed E-state index contributed by atoms with van der Waals surface area (Å²) in [5, 5.41) is 13.4. The number of aliphatic hydroxyl groups is 1. The average Bonchev–Trinajstić information content (AvgIpc) is 2.61. The fourth-order valence-electron chi connectivity index (χ4n) is 3.02. The molecule has 0 aromatic rings. The summed E-state index contributed by atoms with van der Waals surface area (Å²) in [5.74, 6) is 0. The highest BCUT2D eigenvalue weighted by atomic mass is 16.3. The molecule has 14 heavy (non-hydrogen) atoms. The summed E-state index contributed by atoms with van der Waals surface area (Å²) >= 11 is 0. The van der Waals surface area contributed by atoms with E-state index in [1.807, 2.05) is 0 Å². The van der Waals surface area contributed by atoms with Crippen molar-refractivity contribution in [2.24, 2.45) is 5.41 Å². The van der Waals surface area contributed by atoms with Gasteiger partial charge in [-0.05, 0) is 43.9 Å². The molecule has 0 radical (unpaired) electrons. The SMILES string of the molecule is CC1(C)CCC(N[C@@H]2CCC[C@H]2O)C1. The summed E-state index contributed by atoms with van der Waals surface area (Å²) in [6, 6.07) is 1.04. The minimum absolute atomic E-state index is 0.0845. The van der Waals surface area contributed by atoms with E-state index in [0.29, 0.717) is 17.5 Å². The molecule has 2 aliphatic carbocycles. The Morgan fingerprint density at radius 1 is 1.21 bits per heavy atom. The molecule has 0 aromatic heterocycles. The van der Waals surface area contributed by atoms with Gasteiger partial charge in [-0.3, -0.25) is 0 Å². The van der Waals surface area contributed by atoms with Crippen molar-refractivity contribution in [3.05, 3.63) is 0 Å². The van der Waals surface area contributed by atoms with E-state index in [9.17, 15) is 5.11 Å². The van der Waals surface area contributed by atoms with Gasteiger partial charge in [0, 0.05) is 12.1 Å². The summed E-state index contributed by atoms with van der Waals surface area (Å²) in [6.07, 6.45) is 7.15. The Labute approximate surface area is 87.1 Å². The van der Waals surface area contributed by atoms with E-state index in [1.54, 1.807) is 0 Å². The zero-order valence-electron chi connectivity index (χ0n) is 9.42. The predicted molar refractivity (Wildman–Crippen MR) is 58.2 cm³/mol. The van der Waals surface area contributed by atoms with Crippen LogP contribution in [0.3, 0.4) is 0 Å². The third-order valence-corrected chi connectivity index (χ3v) is 3.90. The van der Waals surface area contributed by atoms with Crippen molar-refractivity contribution in [1.29, 1.82) is 0 Å². The van der Waals surface area contributed by atoms with E-state index in [1.165, 1.54) is 25.7 Å². The first kappa shape index (κ1) is 10.4. The third kappa shape index (κ3) is 2.29. The summed E-state index contributed by atoms with van der Waals surface area (Å²) < 4.78 is 0. The molecule has 2 fully saturated rings. The highest BCUT2D eigenvalue weighted by Crippen LogP contribution is 2.37. The van der Waals surface area contributed by atoms with E-state index in [-0.39, 0.29) is 6.10 Å². The highest BCUT2D eigenvalue weighted by molar-refractivity contribution is 4.91. The molecule has 2 N–H and O–H groups in total. The zero-order valence-corrected chi connectivity index (χ0v) is 9.42. The van der Waals surface area contributed by atoms with Crippen molar-refractivity contribution in [3.63, 3.8) is 0 Å². The van der Waals surface area contributed by atoms with Gasteiger partial charge in [-0.25, -0.2) is 0 Å². The first-order chi connectivity index (χ1) is 6.57. The summed E-state index contributed by atoms with van der Waals surface area (Å²) in [4.78, 5) is 0. The molecule has 0 aromatic carbocycles. The molecule has 82 valence electrons. The minimum Gasteiger partial charge on any atom is -0.392 e. The Bertz CT molecular complexity index is 202. The highest BCUT2D eigenvalue weighted by Gasteiger charge is 2.34. The van der Waals surface area contributed by atoms with Crippen LogP contribution in [0.4, 0.5) is 0 Å². The lowest BCUT2D eigenvalue weighted by Gasteiger charge is -2.23. The molecule has 0 amide bonds. The molecule has 2 rings (SSSR count). The molecular formula is C12H23NO. The predicted octanol–water partition coefficient (Wildman–Crippen LogP) is 2.07. The normalized spacial score (nSPS) is 41.8. The van der Waals surface area contributed by atoms with Gasteiger partial charge in [0.25, 0.3) is 0 Å². The molecule has 2 nitrogen and oxygen atoms in total.